The van der Waals surface area contributed by atoms with Gasteiger partial charge in [-0.2, -0.15) is 0 Å². The number of hydrogen-bond donors (Lipinski definition) is 0. The minimum atomic E-state index is 0.105. The molecule has 0 N–H and O–H groups in total. The normalized spacial score (nSPS) is 22.8. The summed E-state index contributed by atoms with van der Waals surface area (Å²) in [6.45, 7) is 6.17. The molecule has 1 saturated heterocycles. The number of fused-ring (bicyclic) bond motifs is 2. The van der Waals surface area contributed by atoms with Crippen molar-refractivity contribution in [3.63, 3.8) is 0 Å². The van der Waals surface area contributed by atoms with E-state index in [1.807, 2.05) is 46.2 Å². The molecule has 1 fully saturated rings. The molecule has 4 heteroatoms. The Balaban J connectivity index is 1.75. The van der Waals surface area contributed by atoms with E-state index in [4.69, 9.17) is 0 Å². The van der Waals surface area contributed by atoms with E-state index in [1.54, 1.807) is 11.8 Å². The minimum Gasteiger partial charge on any atom is -0.324 e. The molecule has 0 aliphatic carbocycles. The first-order chi connectivity index (χ1) is 11.6. The number of carbonyl (C=O) groups is 1. The number of urea groups is 1. The molecule has 0 radical (unpaired) electrons. The molecule has 0 spiro atoms. The van der Waals surface area contributed by atoms with Gasteiger partial charge in [0.15, 0.2) is 0 Å². The first kappa shape index (κ1) is 15.6. The van der Waals surface area contributed by atoms with Crippen molar-refractivity contribution in [2.24, 2.45) is 11.8 Å². The van der Waals surface area contributed by atoms with Gasteiger partial charge in [-0.15, -0.1) is 0 Å². The molecule has 124 valence electrons. The van der Waals surface area contributed by atoms with E-state index < -0.39 is 0 Å². The fourth-order valence-electron chi connectivity index (χ4n) is 3.87. The number of benzene rings is 2. The van der Waals surface area contributed by atoms with Gasteiger partial charge in [0.05, 0.1) is 11.4 Å². The maximum absolute atomic E-state index is 13.4. The number of carbonyl (C=O) groups excluding carboxylic acids is 1. The summed E-state index contributed by atoms with van der Waals surface area (Å²) in [6, 6.07) is 16.5. The molecule has 0 aromatic heterocycles. The standard InChI is InChI=1S/C20H22N2OS/c1-14-11-15(2)13-21(12-14)20(23)22-16-7-3-5-9-18(16)24-19-10-6-4-8-17(19)22/h3-10,14-15H,11-13H2,1-2H3. The lowest BCUT2D eigenvalue weighted by Gasteiger charge is -2.40. The van der Waals surface area contributed by atoms with Crippen LogP contribution in [0.4, 0.5) is 16.2 Å². The summed E-state index contributed by atoms with van der Waals surface area (Å²) in [5.41, 5.74) is 1.99. The van der Waals surface area contributed by atoms with Crippen molar-refractivity contribution in [3.8, 4) is 0 Å². The molecule has 2 aliphatic heterocycles. The molecule has 2 atom stereocenters. The summed E-state index contributed by atoms with van der Waals surface area (Å²) in [6.07, 6.45) is 1.20. The van der Waals surface area contributed by atoms with Gasteiger partial charge in [0, 0.05) is 22.9 Å². The third-order valence-electron chi connectivity index (χ3n) is 4.76. The van der Waals surface area contributed by atoms with Crippen LogP contribution in [-0.2, 0) is 0 Å². The summed E-state index contributed by atoms with van der Waals surface area (Å²) in [5.74, 6) is 1.12. The number of rotatable bonds is 0. The Morgan fingerprint density at radius 3 is 1.96 bits per heavy atom. The van der Waals surface area contributed by atoms with Crippen LogP contribution in [0, 0.1) is 11.8 Å². The average molecular weight is 338 g/mol. The molecule has 24 heavy (non-hydrogen) atoms. The van der Waals surface area contributed by atoms with Gasteiger partial charge in [-0.25, -0.2) is 4.79 Å². The van der Waals surface area contributed by atoms with Crippen LogP contribution in [0.1, 0.15) is 20.3 Å². The zero-order chi connectivity index (χ0) is 16.7. The zero-order valence-corrected chi connectivity index (χ0v) is 14.9. The lowest BCUT2D eigenvalue weighted by Crippen LogP contribution is -2.48. The van der Waals surface area contributed by atoms with Crippen LogP contribution in [0.5, 0.6) is 0 Å². The van der Waals surface area contributed by atoms with Crippen LogP contribution in [0.25, 0.3) is 0 Å². The maximum atomic E-state index is 13.4. The van der Waals surface area contributed by atoms with Crippen LogP contribution >= 0.6 is 11.8 Å². The number of likely N-dealkylation sites (tertiary alicyclic amines) is 1. The second-order valence-corrected chi connectivity index (χ2v) is 8.09. The first-order valence-electron chi connectivity index (χ1n) is 8.58. The summed E-state index contributed by atoms with van der Waals surface area (Å²) in [5, 5.41) is 0. The number of nitrogens with zero attached hydrogens (tertiary/aromatic N) is 2. The minimum absolute atomic E-state index is 0.105. The van der Waals surface area contributed by atoms with Crippen molar-refractivity contribution < 1.29 is 4.79 Å². The molecule has 2 aliphatic rings. The van der Waals surface area contributed by atoms with Gasteiger partial charge in [0.2, 0.25) is 0 Å². The molecule has 2 amide bonds. The molecule has 2 aromatic rings. The van der Waals surface area contributed by atoms with E-state index in [0.29, 0.717) is 11.8 Å². The fraction of sp³-hybridized carbons (Fsp3) is 0.350. The smallest absolute Gasteiger partial charge is 0.324 e. The summed E-state index contributed by atoms with van der Waals surface area (Å²) in [4.78, 5) is 19.6. The summed E-state index contributed by atoms with van der Waals surface area (Å²) in [7, 11) is 0. The van der Waals surface area contributed by atoms with Crippen molar-refractivity contribution in [2.45, 2.75) is 30.1 Å². The van der Waals surface area contributed by atoms with E-state index in [9.17, 15) is 4.79 Å². The van der Waals surface area contributed by atoms with Gasteiger partial charge >= 0.3 is 6.03 Å². The molecule has 3 nitrogen and oxygen atoms in total. The van der Waals surface area contributed by atoms with Gasteiger partial charge in [-0.05, 0) is 42.5 Å². The van der Waals surface area contributed by atoms with E-state index in [1.165, 1.54) is 6.42 Å². The van der Waals surface area contributed by atoms with Gasteiger partial charge in [-0.1, -0.05) is 49.9 Å². The van der Waals surface area contributed by atoms with E-state index in [-0.39, 0.29) is 6.03 Å². The lowest BCUT2D eigenvalue weighted by atomic mass is 9.92. The number of amides is 2. The van der Waals surface area contributed by atoms with Gasteiger partial charge in [0.25, 0.3) is 0 Å². The third kappa shape index (κ3) is 2.69. The number of hydrogen-bond acceptors (Lipinski definition) is 2. The Morgan fingerprint density at radius 1 is 0.917 bits per heavy atom. The molecular formula is C20H22N2OS. The number of anilines is 2. The zero-order valence-electron chi connectivity index (χ0n) is 14.1. The molecular weight excluding hydrogens is 316 g/mol. The molecule has 0 saturated carbocycles. The largest absolute Gasteiger partial charge is 0.329 e. The highest BCUT2D eigenvalue weighted by molar-refractivity contribution is 7.99. The van der Waals surface area contributed by atoms with Gasteiger partial charge < -0.3 is 4.90 Å². The maximum Gasteiger partial charge on any atom is 0.329 e. The highest BCUT2D eigenvalue weighted by Crippen LogP contribution is 2.48. The highest BCUT2D eigenvalue weighted by Gasteiger charge is 2.33. The highest BCUT2D eigenvalue weighted by atomic mass is 32.2. The van der Waals surface area contributed by atoms with Crippen LogP contribution in [-0.4, -0.2) is 24.0 Å². The number of para-hydroxylation sites is 2. The summed E-state index contributed by atoms with van der Waals surface area (Å²) < 4.78 is 0. The Labute approximate surface area is 147 Å². The van der Waals surface area contributed by atoms with Crippen LogP contribution in [0.3, 0.4) is 0 Å². The SMILES string of the molecule is CC1CC(C)CN(C(=O)N2c3ccccc3Sc3ccccc32)C1. The Bertz CT molecular complexity index is 720. The predicted octanol–water partition coefficient (Wildman–Crippen LogP) is 5.39. The molecule has 2 aromatic carbocycles. The van der Waals surface area contributed by atoms with E-state index in [0.717, 1.165) is 34.3 Å². The van der Waals surface area contributed by atoms with Crippen molar-refractivity contribution in [2.75, 3.05) is 18.0 Å². The van der Waals surface area contributed by atoms with Crippen molar-refractivity contribution in [1.82, 2.24) is 4.90 Å². The monoisotopic (exact) mass is 338 g/mol. The first-order valence-corrected chi connectivity index (χ1v) is 9.40. The van der Waals surface area contributed by atoms with Crippen LogP contribution in [0.15, 0.2) is 58.3 Å². The molecule has 0 bridgehead atoms. The van der Waals surface area contributed by atoms with Crippen molar-refractivity contribution in [1.29, 1.82) is 0 Å². The van der Waals surface area contributed by atoms with E-state index in [2.05, 4.69) is 26.0 Å². The Morgan fingerprint density at radius 2 is 1.42 bits per heavy atom. The van der Waals surface area contributed by atoms with Gasteiger partial charge in [0.1, 0.15) is 0 Å². The fourth-order valence-corrected chi connectivity index (χ4v) is 4.93. The Kier molecular flexibility index (Phi) is 4.01. The lowest BCUT2D eigenvalue weighted by molar-refractivity contribution is 0.153. The summed E-state index contributed by atoms with van der Waals surface area (Å²) >= 11 is 1.74. The molecule has 2 heterocycles. The van der Waals surface area contributed by atoms with Gasteiger partial charge in [-0.3, -0.25) is 4.90 Å². The molecule has 2 unspecified atom stereocenters. The van der Waals surface area contributed by atoms with Crippen LogP contribution in [0.2, 0.25) is 0 Å². The molecule has 4 rings (SSSR count). The predicted molar refractivity (Wildman–Crippen MR) is 99.1 cm³/mol. The third-order valence-corrected chi connectivity index (χ3v) is 5.89. The quantitative estimate of drug-likeness (QED) is 0.643. The second kappa shape index (κ2) is 6.17. The van der Waals surface area contributed by atoms with Crippen LogP contribution < -0.4 is 4.90 Å². The van der Waals surface area contributed by atoms with E-state index >= 15 is 0 Å². The average Bonchev–Trinajstić information content (AvgIpc) is 2.58. The second-order valence-electron chi connectivity index (χ2n) is 7.01. The topological polar surface area (TPSA) is 23.6 Å². The Hall–Kier alpha value is -1.94. The van der Waals surface area contributed by atoms with Crippen molar-refractivity contribution >= 4 is 29.2 Å². The van der Waals surface area contributed by atoms with Crippen molar-refractivity contribution in [3.05, 3.63) is 48.5 Å². The number of piperidine rings is 1.